The SMILES string of the molecule is c1cc(-c2cccc3oc4c5ccccc5ccc4c23)cc(N(c2ccc(-n3c4ccccc4c4ccccc43)cc2)c2ccc3c(c2)oc2ccccc23)c1. The fourth-order valence-corrected chi connectivity index (χ4v) is 8.86. The number of fused-ring (bicyclic) bond motifs is 11. The molecular weight excluding hydrogens is 685 g/mol. The Morgan fingerprint density at radius 3 is 1.82 bits per heavy atom. The third-order valence-electron chi connectivity index (χ3n) is 11.4. The Morgan fingerprint density at radius 2 is 1.00 bits per heavy atom. The maximum Gasteiger partial charge on any atom is 0.143 e. The molecule has 0 fully saturated rings. The van der Waals surface area contributed by atoms with E-state index in [0.717, 1.165) is 83.1 Å². The lowest BCUT2D eigenvalue weighted by atomic mass is 9.97. The van der Waals surface area contributed by atoms with Crippen LogP contribution in [0.4, 0.5) is 17.1 Å². The Morgan fingerprint density at radius 1 is 0.375 bits per heavy atom. The van der Waals surface area contributed by atoms with Crippen molar-refractivity contribution in [2.75, 3.05) is 4.90 Å². The summed E-state index contributed by atoms with van der Waals surface area (Å²) in [5.74, 6) is 0. The first kappa shape index (κ1) is 30.9. The van der Waals surface area contributed by atoms with E-state index in [9.17, 15) is 0 Å². The number of rotatable bonds is 5. The topological polar surface area (TPSA) is 34.5 Å². The number of hydrogen-bond acceptors (Lipinski definition) is 3. The first-order chi connectivity index (χ1) is 27.8. The van der Waals surface area contributed by atoms with Gasteiger partial charge in [0.05, 0.1) is 11.0 Å². The zero-order chi connectivity index (χ0) is 36.7. The summed E-state index contributed by atoms with van der Waals surface area (Å²) >= 11 is 0. The molecule has 0 bridgehead atoms. The molecule has 9 aromatic carbocycles. The number of furan rings is 2. The average Bonchev–Trinajstić information content (AvgIpc) is 3.94. The van der Waals surface area contributed by atoms with E-state index in [-0.39, 0.29) is 0 Å². The number of para-hydroxylation sites is 3. The molecule has 0 radical (unpaired) electrons. The van der Waals surface area contributed by atoms with E-state index in [4.69, 9.17) is 8.83 Å². The van der Waals surface area contributed by atoms with Crippen LogP contribution in [0.15, 0.2) is 203 Å². The van der Waals surface area contributed by atoms with Crippen LogP contribution in [0.5, 0.6) is 0 Å². The van der Waals surface area contributed by atoms with Gasteiger partial charge in [0.25, 0.3) is 0 Å². The van der Waals surface area contributed by atoms with Crippen molar-refractivity contribution in [3.05, 3.63) is 194 Å². The maximum absolute atomic E-state index is 6.58. The van der Waals surface area contributed by atoms with E-state index in [0.29, 0.717) is 0 Å². The van der Waals surface area contributed by atoms with Crippen LogP contribution in [0, 0.1) is 0 Å². The molecule has 12 rings (SSSR count). The van der Waals surface area contributed by atoms with Crippen molar-refractivity contribution in [3.8, 4) is 16.8 Å². The zero-order valence-corrected chi connectivity index (χ0v) is 30.2. The van der Waals surface area contributed by atoms with Gasteiger partial charge in [-0.2, -0.15) is 0 Å². The molecule has 0 aliphatic carbocycles. The molecule has 0 unspecified atom stereocenters. The second-order valence-electron chi connectivity index (χ2n) is 14.5. The van der Waals surface area contributed by atoms with Gasteiger partial charge >= 0.3 is 0 Å². The third kappa shape index (κ3) is 4.60. The molecule has 0 N–H and O–H groups in total. The predicted octanol–water partition coefficient (Wildman–Crippen LogP) is 14.9. The Balaban J connectivity index is 1.04. The highest BCUT2D eigenvalue weighted by atomic mass is 16.3. The number of nitrogens with zero attached hydrogens (tertiary/aromatic N) is 2. The first-order valence-electron chi connectivity index (χ1n) is 19.0. The summed E-state index contributed by atoms with van der Waals surface area (Å²) in [6.07, 6.45) is 0. The van der Waals surface area contributed by atoms with E-state index >= 15 is 0 Å². The van der Waals surface area contributed by atoms with E-state index in [1.54, 1.807) is 0 Å². The van der Waals surface area contributed by atoms with Crippen molar-refractivity contribution in [2.24, 2.45) is 0 Å². The van der Waals surface area contributed by atoms with Gasteiger partial charge in [-0.15, -0.1) is 0 Å². The van der Waals surface area contributed by atoms with Gasteiger partial charge in [-0.3, -0.25) is 0 Å². The molecule has 0 amide bonds. The van der Waals surface area contributed by atoms with Crippen molar-refractivity contribution in [1.29, 1.82) is 0 Å². The minimum absolute atomic E-state index is 0.855. The van der Waals surface area contributed by atoms with Crippen molar-refractivity contribution < 1.29 is 8.83 Å². The molecule has 4 nitrogen and oxygen atoms in total. The standard InChI is InChI=1S/C52H32N2O2/c1-2-14-40-33(11-1)23-29-45-51-39(18-10-22-49(51)56-52(40)45)34-12-9-13-37(31-34)53(38-28-30-44-43-17-5-8-21-48(43)55-50(44)32-38)35-24-26-36(27-25-35)54-46-19-6-3-15-41(46)42-16-4-7-20-47(42)54/h1-32H. The zero-order valence-electron chi connectivity index (χ0n) is 30.2. The summed E-state index contributed by atoms with van der Waals surface area (Å²) in [5.41, 5.74) is 12.4. The minimum atomic E-state index is 0.855. The van der Waals surface area contributed by atoms with Gasteiger partial charge in [0, 0.05) is 66.5 Å². The molecule has 0 saturated heterocycles. The molecule has 12 aromatic rings. The van der Waals surface area contributed by atoms with Crippen LogP contribution in [0.1, 0.15) is 0 Å². The van der Waals surface area contributed by atoms with Gasteiger partial charge in [0.1, 0.15) is 22.3 Å². The van der Waals surface area contributed by atoms with Crippen LogP contribution < -0.4 is 4.90 Å². The molecule has 0 spiro atoms. The van der Waals surface area contributed by atoms with Crippen LogP contribution in [0.3, 0.4) is 0 Å². The van der Waals surface area contributed by atoms with E-state index in [1.807, 2.05) is 12.1 Å². The fraction of sp³-hybridized carbons (Fsp3) is 0. The molecule has 0 aliphatic rings. The molecule has 3 heterocycles. The second kappa shape index (κ2) is 12.0. The summed E-state index contributed by atoms with van der Waals surface area (Å²) in [5, 5.41) is 9.25. The van der Waals surface area contributed by atoms with Crippen molar-refractivity contribution in [3.63, 3.8) is 0 Å². The molecule has 0 saturated carbocycles. The highest BCUT2D eigenvalue weighted by Gasteiger charge is 2.20. The van der Waals surface area contributed by atoms with E-state index in [1.165, 1.54) is 27.2 Å². The van der Waals surface area contributed by atoms with Crippen LogP contribution >= 0.6 is 0 Å². The molecule has 0 atom stereocenters. The normalized spacial score (nSPS) is 11.9. The quantitative estimate of drug-likeness (QED) is 0.178. The molecule has 262 valence electrons. The van der Waals surface area contributed by atoms with Crippen LogP contribution in [0.25, 0.3) is 93.3 Å². The van der Waals surface area contributed by atoms with Gasteiger partial charge in [-0.05, 0) is 95.4 Å². The summed E-state index contributed by atoms with van der Waals surface area (Å²) < 4.78 is 15.4. The van der Waals surface area contributed by atoms with Gasteiger partial charge in [0.2, 0.25) is 0 Å². The lowest BCUT2D eigenvalue weighted by molar-refractivity contribution is 0.669. The molecule has 4 heteroatoms. The summed E-state index contributed by atoms with van der Waals surface area (Å²) in [6.45, 7) is 0. The number of aromatic nitrogens is 1. The van der Waals surface area contributed by atoms with Crippen molar-refractivity contribution >= 4 is 93.5 Å². The molecule has 56 heavy (non-hydrogen) atoms. The van der Waals surface area contributed by atoms with Gasteiger partial charge in [-0.25, -0.2) is 0 Å². The van der Waals surface area contributed by atoms with Gasteiger partial charge in [-0.1, -0.05) is 109 Å². The Kier molecular flexibility index (Phi) is 6.60. The van der Waals surface area contributed by atoms with Gasteiger partial charge < -0.3 is 18.3 Å². The molecule has 0 aliphatic heterocycles. The van der Waals surface area contributed by atoms with Crippen LogP contribution in [-0.2, 0) is 0 Å². The predicted molar refractivity (Wildman–Crippen MR) is 233 cm³/mol. The Labute approximate surface area is 321 Å². The highest BCUT2D eigenvalue weighted by molar-refractivity contribution is 6.19. The third-order valence-corrected chi connectivity index (χ3v) is 11.4. The fourth-order valence-electron chi connectivity index (χ4n) is 8.86. The minimum Gasteiger partial charge on any atom is -0.456 e. The number of benzene rings is 9. The smallest absolute Gasteiger partial charge is 0.143 e. The summed E-state index contributed by atoms with van der Waals surface area (Å²) in [7, 11) is 0. The monoisotopic (exact) mass is 716 g/mol. The lowest BCUT2D eigenvalue weighted by Gasteiger charge is -2.26. The number of hydrogen-bond donors (Lipinski definition) is 0. The largest absolute Gasteiger partial charge is 0.456 e. The second-order valence-corrected chi connectivity index (χ2v) is 14.5. The van der Waals surface area contributed by atoms with Crippen molar-refractivity contribution in [1.82, 2.24) is 4.57 Å². The highest BCUT2D eigenvalue weighted by Crippen LogP contribution is 2.43. The average molecular weight is 717 g/mol. The number of anilines is 3. The summed E-state index contributed by atoms with van der Waals surface area (Å²) in [4.78, 5) is 2.33. The Hall–Kier alpha value is -7.56. The summed E-state index contributed by atoms with van der Waals surface area (Å²) in [6, 6.07) is 69.0. The maximum atomic E-state index is 6.58. The first-order valence-corrected chi connectivity index (χ1v) is 19.0. The van der Waals surface area contributed by atoms with Crippen LogP contribution in [-0.4, -0.2) is 4.57 Å². The van der Waals surface area contributed by atoms with Gasteiger partial charge in [0.15, 0.2) is 0 Å². The molecule has 3 aromatic heterocycles. The van der Waals surface area contributed by atoms with E-state index < -0.39 is 0 Å². The Bertz CT molecular complexity index is 3440. The van der Waals surface area contributed by atoms with E-state index in [2.05, 4.69) is 191 Å². The molecular formula is C52H32N2O2. The van der Waals surface area contributed by atoms with Crippen LogP contribution in [0.2, 0.25) is 0 Å². The van der Waals surface area contributed by atoms with Crippen molar-refractivity contribution in [2.45, 2.75) is 0 Å². The lowest BCUT2D eigenvalue weighted by Crippen LogP contribution is -2.10.